The van der Waals surface area contributed by atoms with Gasteiger partial charge in [0.05, 0.1) is 5.69 Å². The largest absolute Gasteiger partial charge is 0.281 e. The molecule has 1 amide bonds. The normalized spacial score (nSPS) is 10.5. The zero-order valence-corrected chi connectivity index (χ0v) is 9.61. The molecule has 0 unspecified atom stereocenters. The fraction of sp³-hybridized carbons (Fsp3) is 0.417. The lowest BCUT2D eigenvalue weighted by atomic mass is 10.0. The predicted molar refractivity (Wildman–Crippen MR) is 60.2 cm³/mol. The van der Waals surface area contributed by atoms with Crippen LogP contribution in [0.1, 0.15) is 37.8 Å². The van der Waals surface area contributed by atoms with E-state index in [2.05, 4.69) is 13.8 Å². The third-order valence-corrected chi connectivity index (χ3v) is 2.43. The van der Waals surface area contributed by atoms with Gasteiger partial charge in [0.25, 0.3) is 0 Å². The Kier molecular flexibility index (Phi) is 3.48. The highest BCUT2D eigenvalue weighted by atomic mass is 16.5. The number of rotatable bonds is 2. The lowest BCUT2D eigenvalue weighted by Crippen LogP contribution is -2.24. The van der Waals surface area contributed by atoms with Crippen LogP contribution in [0.3, 0.4) is 0 Å². The van der Waals surface area contributed by atoms with Crippen molar-refractivity contribution in [3.63, 3.8) is 0 Å². The first kappa shape index (κ1) is 11.7. The van der Waals surface area contributed by atoms with Crippen LogP contribution in [-0.2, 0) is 4.79 Å². The maximum Gasteiger partial charge on any atom is 0.247 e. The van der Waals surface area contributed by atoms with Gasteiger partial charge in [0.15, 0.2) is 0 Å². The smallest absolute Gasteiger partial charge is 0.247 e. The Morgan fingerprint density at radius 1 is 1.40 bits per heavy atom. The fourth-order valence-electron chi connectivity index (χ4n) is 1.38. The molecule has 0 aliphatic rings. The van der Waals surface area contributed by atoms with E-state index < -0.39 is 0 Å². The van der Waals surface area contributed by atoms with E-state index in [0.29, 0.717) is 16.7 Å². The fourth-order valence-corrected chi connectivity index (χ4v) is 1.38. The van der Waals surface area contributed by atoms with Crippen LogP contribution in [0.15, 0.2) is 18.2 Å². The van der Waals surface area contributed by atoms with Crippen molar-refractivity contribution in [2.45, 2.75) is 33.6 Å². The second-order valence-corrected chi connectivity index (χ2v) is 4.03. The van der Waals surface area contributed by atoms with Crippen LogP contribution in [-0.4, -0.2) is 11.1 Å². The summed E-state index contributed by atoms with van der Waals surface area (Å²) in [6, 6.07) is 5.77. The number of benzene rings is 1. The molecule has 1 rings (SSSR count). The summed E-state index contributed by atoms with van der Waals surface area (Å²) in [5, 5.41) is 10.3. The maximum atomic E-state index is 11.1. The molecule has 0 bridgehead atoms. The predicted octanol–water partition coefficient (Wildman–Crippen LogP) is 2.86. The third kappa shape index (κ3) is 2.57. The average molecular weight is 207 g/mol. The Balaban J connectivity index is 3.16. The lowest BCUT2D eigenvalue weighted by molar-refractivity contribution is -0.121. The first-order chi connectivity index (χ1) is 6.93. The summed E-state index contributed by atoms with van der Waals surface area (Å²) in [4.78, 5) is 11.1. The summed E-state index contributed by atoms with van der Waals surface area (Å²) in [5.41, 5.74) is 2.56. The van der Waals surface area contributed by atoms with Crippen LogP contribution >= 0.6 is 0 Å². The molecule has 0 atom stereocenters. The first-order valence-electron chi connectivity index (χ1n) is 5.03. The van der Waals surface area contributed by atoms with Gasteiger partial charge in [-0.2, -0.15) is 5.06 Å². The van der Waals surface area contributed by atoms with E-state index in [-0.39, 0.29) is 5.91 Å². The van der Waals surface area contributed by atoms with Crippen molar-refractivity contribution in [1.82, 2.24) is 0 Å². The third-order valence-electron chi connectivity index (χ3n) is 2.43. The number of hydroxylamine groups is 1. The van der Waals surface area contributed by atoms with Crippen LogP contribution in [0.5, 0.6) is 0 Å². The van der Waals surface area contributed by atoms with E-state index in [4.69, 9.17) is 0 Å². The molecule has 0 saturated carbocycles. The topological polar surface area (TPSA) is 40.5 Å². The highest BCUT2D eigenvalue weighted by molar-refractivity contribution is 5.89. The second-order valence-electron chi connectivity index (χ2n) is 4.03. The molecule has 15 heavy (non-hydrogen) atoms. The van der Waals surface area contributed by atoms with Gasteiger partial charge >= 0.3 is 0 Å². The van der Waals surface area contributed by atoms with Crippen molar-refractivity contribution < 1.29 is 10.0 Å². The van der Waals surface area contributed by atoms with Gasteiger partial charge in [-0.3, -0.25) is 10.0 Å². The minimum absolute atomic E-state index is 0.376. The van der Waals surface area contributed by atoms with E-state index >= 15 is 0 Å². The zero-order valence-electron chi connectivity index (χ0n) is 9.61. The monoisotopic (exact) mass is 207 g/mol. The van der Waals surface area contributed by atoms with Gasteiger partial charge in [-0.05, 0) is 30.0 Å². The molecule has 0 spiro atoms. The molecule has 3 nitrogen and oxygen atoms in total. The Bertz CT molecular complexity index is 372. The number of amides is 1. The Labute approximate surface area is 90.3 Å². The number of hydrogen-bond donors (Lipinski definition) is 1. The number of anilines is 1. The number of nitrogens with zero attached hydrogens (tertiary/aromatic N) is 1. The van der Waals surface area contributed by atoms with Crippen LogP contribution in [0.4, 0.5) is 5.69 Å². The van der Waals surface area contributed by atoms with Crippen LogP contribution in [0.25, 0.3) is 0 Å². The van der Waals surface area contributed by atoms with Crippen molar-refractivity contribution in [1.29, 1.82) is 0 Å². The minimum atomic E-state index is -0.376. The SMILES string of the molecule is CC(=O)N(O)c1cc(C(C)C)ccc1C. The minimum Gasteiger partial charge on any atom is -0.281 e. The van der Waals surface area contributed by atoms with Gasteiger partial charge in [-0.15, -0.1) is 0 Å². The molecular weight excluding hydrogens is 190 g/mol. The van der Waals surface area contributed by atoms with E-state index in [1.807, 2.05) is 25.1 Å². The van der Waals surface area contributed by atoms with Crippen molar-refractivity contribution in [3.8, 4) is 0 Å². The summed E-state index contributed by atoms with van der Waals surface area (Å²) in [7, 11) is 0. The molecule has 1 aromatic carbocycles. The molecule has 3 heteroatoms. The van der Waals surface area contributed by atoms with Gasteiger partial charge in [0.2, 0.25) is 5.91 Å². The van der Waals surface area contributed by atoms with E-state index in [1.165, 1.54) is 6.92 Å². The van der Waals surface area contributed by atoms with E-state index in [1.54, 1.807) is 0 Å². The molecule has 0 radical (unpaired) electrons. The van der Waals surface area contributed by atoms with Crippen LogP contribution in [0, 0.1) is 6.92 Å². The summed E-state index contributed by atoms with van der Waals surface area (Å²) in [6.45, 7) is 7.35. The Morgan fingerprint density at radius 3 is 2.47 bits per heavy atom. The summed E-state index contributed by atoms with van der Waals surface area (Å²) in [5.74, 6) is 0.00344. The molecule has 1 aromatic rings. The molecule has 0 aromatic heterocycles. The summed E-state index contributed by atoms with van der Waals surface area (Å²) >= 11 is 0. The van der Waals surface area contributed by atoms with Gasteiger partial charge in [-0.1, -0.05) is 26.0 Å². The van der Waals surface area contributed by atoms with Crippen LogP contribution < -0.4 is 5.06 Å². The van der Waals surface area contributed by atoms with Gasteiger partial charge < -0.3 is 0 Å². The van der Waals surface area contributed by atoms with Crippen LogP contribution in [0.2, 0.25) is 0 Å². The van der Waals surface area contributed by atoms with Crippen molar-refractivity contribution in [2.24, 2.45) is 0 Å². The molecule has 0 fully saturated rings. The van der Waals surface area contributed by atoms with Crippen molar-refractivity contribution in [3.05, 3.63) is 29.3 Å². The number of carbonyl (C=O) groups is 1. The van der Waals surface area contributed by atoms with Gasteiger partial charge in [-0.25, -0.2) is 0 Å². The highest BCUT2D eigenvalue weighted by Crippen LogP contribution is 2.24. The second kappa shape index (κ2) is 4.45. The first-order valence-corrected chi connectivity index (χ1v) is 5.03. The molecule has 82 valence electrons. The highest BCUT2D eigenvalue weighted by Gasteiger charge is 2.12. The molecule has 1 N–H and O–H groups in total. The van der Waals surface area contributed by atoms with Crippen molar-refractivity contribution in [2.75, 3.05) is 5.06 Å². The summed E-state index contributed by atoms with van der Waals surface area (Å²) in [6.07, 6.45) is 0. The number of carbonyl (C=O) groups excluding carboxylic acids is 1. The summed E-state index contributed by atoms with van der Waals surface area (Å²) < 4.78 is 0. The number of aryl methyl sites for hydroxylation is 1. The molecule has 0 aliphatic heterocycles. The standard InChI is InChI=1S/C12H17NO2/c1-8(2)11-6-5-9(3)12(7-11)13(15)10(4)14/h5-8,15H,1-4H3. The molecule has 0 saturated heterocycles. The maximum absolute atomic E-state index is 11.1. The lowest BCUT2D eigenvalue weighted by Gasteiger charge is -2.17. The van der Waals surface area contributed by atoms with Crippen molar-refractivity contribution >= 4 is 11.6 Å². The molecule has 0 aliphatic carbocycles. The quantitative estimate of drug-likeness (QED) is 0.598. The molecular formula is C12H17NO2. The Morgan fingerprint density at radius 2 is 2.00 bits per heavy atom. The van der Waals surface area contributed by atoms with Gasteiger partial charge in [0.1, 0.15) is 0 Å². The Hall–Kier alpha value is -1.35. The average Bonchev–Trinajstić information content (AvgIpc) is 2.16. The van der Waals surface area contributed by atoms with E-state index in [9.17, 15) is 10.0 Å². The zero-order chi connectivity index (χ0) is 11.6. The molecule has 0 heterocycles. The number of hydrogen-bond acceptors (Lipinski definition) is 2. The van der Waals surface area contributed by atoms with E-state index in [0.717, 1.165) is 11.1 Å². The van der Waals surface area contributed by atoms with Gasteiger partial charge in [0, 0.05) is 6.92 Å².